The molecular formula is C21H20N4O2S. The number of nitrogens with zero attached hydrogens (tertiary/aromatic N) is 3. The van der Waals surface area contributed by atoms with Gasteiger partial charge in [0.25, 0.3) is 0 Å². The Bertz CT molecular complexity index is 1230. The van der Waals surface area contributed by atoms with Crippen molar-refractivity contribution in [1.82, 2.24) is 14.9 Å². The highest BCUT2D eigenvalue weighted by molar-refractivity contribution is 7.98. The van der Waals surface area contributed by atoms with Crippen LogP contribution in [-0.4, -0.2) is 14.9 Å². The molecule has 2 aromatic heterocycles. The van der Waals surface area contributed by atoms with Crippen molar-refractivity contribution in [2.24, 2.45) is 0 Å². The number of rotatable bonds is 4. The van der Waals surface area contributed by atoms with E-state index in [1.807, 2.05) is 51.1 Å². The number of nitrogen functional groups attached to an aromatic ring is 1. The van der Waals surface area contributed by atoms with E-state index in [2.05, 4.69) is 16.3 Å². The van der Waals surface area contributed by atoms with Crippen LogP contribution in [0.15, 0.2) is 56.8 Å². The summed E-state index contributed by atoms with van der Waals surface area (Å²) < 4.78 is 6.85. The zero-order chi connectivity index (χ0) is 19.8. The van der Waals surface area contributed by atoms with E-state index in [9.17, 15) is 4.79 Å². The summed E-state index contributed by atoms with van der Waals surface area (Å²) in [7, 11) is 0. The molecule has 0 saturated heterocycles. The SMILES string of the molecule is Cc1ccc(-c2nnc(SCc3cc(=O)oc4cc(C)c(C)cc34)n2N)cc1. The molecule has 4 aromatic rings. The predicted molar refractivity (Wildman–Crippen MR) is 112 cm³/mol. The molecule has 0 aliphatic rings. The van der Waals surface area contributed by atoms with E-state index in [1.165, 1.54) is 28.1 Å². The number of hydrogen-bond donors (Lipinski definition) is 1. The van der Waals surface area contributed by atoms with Crippen LogP contribution in [0.5, 0.6) is 0 Å². The third-order valence-electron chi connectivity index (χ3n) is 4.78. The summed E-state index contributed by atoms with van der Waals surface area (Å²) in [5, 5.41) is 9.95. The monoisotopic (exact) mass is 392 g/mol. The third-order valence-corrected chi connectivity index (χ3v) is 5.77. The van der Waals surface area contributed by atoms with Gasteiger partial charge in [-0.05, 0) is 49.6 Å². The molecule has 6 nitrogen and oxygen atoms in total. The maximum absolute atomic E-state index is 12.0. The number of benzene rings is 2. The van der Waals surface area contributed by atoms with E-state index in [1.54, 1.807) is 0 Å². The number of fused-ring (bicyclic) bond motifs is 1. The first-order valence-corrected chi connectivity index (χ1v) is 9.85. The van der Waals surface area contributed by atoms with Gasteiger partial charge in [-0.1, -0.05) is 41.6 Å². The van der Waals surface area contributed by atoms with Gasteiger partial charge in [0.15, 0.2) is 5.82 Å². The Morgan fingerprint density at radius 2 is 1.75 bits per heavy atom. The normalized spacial score (nSPS) is 11.2. The molecule has 0 unspecified atom stereocenters. The summed E-state index contributed by atoms with van der Waals surface area (Å²) in [4.78, 5) is 12.0. The molecule has 2 N–H and O–H groups in total. The molecule has 4 rings (SSSR count). The molecule has 28 heavy (non-hydrogen) atoms. The Kier molecular flexibility index (Phi) is 4.68. The summed E-state index contributed by atoms with van der Waals surface area (Å²) >= 11 is 1.44. The summed E-state index contributed by atoms with van der Waals surface area (Å²) in [6.45, 7) is 6.07. The topological polar surface area (TPSA) is 86.9 Å². The molecule has 0 radical (unpaired) electrons. The molecule has 0 fully saturated rings. The van der Waals surface area contributed by atoms with Crippen molar-refractivity contribution in [3.63, 3.8) is 0 Å². The van der Waals surface area contributed by atoms with Crippen molar-refractivity contribution in [3.05, 3.63) is 75.1 Å². The van der Waals surface area contributed by atoms with Crippen molar-refractivity contribution in [2.75, 3.05) is 5.84 Å². The van der Waals surface area contributed by atoms with Crippen LogP contribution in [0.4, 0.5) is 0 Å². The molecule has 142 valence electrons. The minimum atomic E-state index is -0.360. The first kappa shape index (κ1) is 18.3. The van der Waals surface area contributed by atoms with Crippen molar-refractivity contribution in [1.29, 1.82) is 0 Å². The number of thioether (sulfide) groups is 1. The molecule has 2 aromatic carbocycles. The van der Waals surface area contributed by atoms with Crippen LogP contribution >= 0.6 is 11.8 Å². The quantitative estimate of drug-likeness (QED) is 0.321. The number of hydrogen-bond acceptors (Lipinski definition) is 6. The van der Waals surface area contributed by atoms with Crippen LogP contribution in [0.25, 0.3) is 22.4 Å². The summed E-state index contributed by atoms with van der Waals surface area (Å²) in [6, 6.07) is 13.4. The van der Waals surface area contributed by atoms with E-state index >= 15 is 0 Å². The Morgan fingerprint density at radius 1 is 1.04 bits per heavy atom. The lowest BCUT2D eigenvalue weighted by Crippen LogP contribution is -2.11. The fourth-order valence-electron chi connectivity index (χ4n) is 3.02. The standard InChI is InChI=1S/C21H20N4O2S/c1-12-4-6-15(7-5-12)20-23-24-21(25(20)22)28-11-16-10-19(26)27-18-9-14(3)13(2)8-17(16)18/h4-10H,11,22H2,1-3H3. The molecule has 0 aliphatic heterocycles. The van der Waals surface area contributed by atoms with Crippen molar-refractivity contribution < 1.29 is 4.42 Å². The second-order valence-corrected chi connectivity index (χ2v) is 7.80. The van der Waals surface area contributed by atoms with Crippen molar-refractivity contribution in [3.8, 4) is 11.4 Å². The van der Waals surface area contributed by atoms with Crippen LogP contribution in [0.3, 0.4) is 0 Å². The molecule has 0 atom stereocenters. The smallest absolute Gasteiger partial charge is 0.336 e. The van der Waals surface area contributed by atoms with Gasteiger partial charge >= 0.3 is 5.63 Å². The highest BCUT2D eigenvalue weighted by atomic mass is 32.2. The van der Waals surface area contributed by atoms with Crippen LogP contribution < -0.4 is 11.5 Å². The van der Waals surface area contributed by atoms with Gasteiger partial charge in [-0.15, -0.1) is 10.2 Å². The molecular weight excluding hydrogens is 372 g/mol. The third kappa shape index (κ3) is 3.41. The van der Waals surface area contributed by atoms with Gasteiger partial charge in [0, 0.05) is 22.8 Å². The lowest BCUT2D eigenvalue weighted by atomic mass is 10.0. The van der Waals surface area contributed by atoms with Crippen molar-refractivity contribution >= 4 is 22.7 Å². The van der Waals surface area contributed by atoms with Gasteiger partial charge in [-0.3, -0.25) is 0 Å². The number of aryl methyl sites for hydroxylation is 3. The average molecular weight is 392 g/mol. The second-order valence-electron chi connectivity index (χ2n) is 6.85. The summed E-state index contributed by atoms with van der Waals surface area (Å²) in [5.41, 5.74) is 5.44. The fraction of sp³-hybridized carbons (Fsp3) is 0.190. The van der Waals surface area contributed by atoms with Crippen LogP contribution in [0, 0.1) is 20.8 Å². The van der Waals surface area contributed by atoms with E-state index in [0.717, 1.165) is 27.6 Å². The highest BCUT2D eigenvalue weighted by Gasteiger charge is 2.14. The Balaban J connectivity index is 1.64. The van der Waals surface area contributed by atoms with Gasteiger partial charge in [0.2, 0.25) is 5.16 Å². The zero-order valence-electron chi connectivity index (χ0n) is 15.9. The minimum Gasteiger partial charge on any atom is -0.423 e. The summed E-state index contributed by atoms with van der Waals surface area (Å²) in [6.07, 6.45) is 0. The first-order valence-electron chi connectivity index (χ1n) is 8.86. The van der Waals surface area contributed by atoms with Gasteiger partial charge < -0.3 is 10.3 Å². The van der Waals surface area contributed by atoms with Crippen LogP contribution in [-0.2, 0) is 5.75 Å². The molecule has 0 saturated carbocycles. The Morgan fingerprint density at radius 3 is 2.50 bits per heavy atom. The van der Waals surface area contributed by atoms with E-state index in [-0.39, 0.29) is 5.63 Å². The molecule has 0 amide bonds. The maximum atomic E-state index is 12.0. The van der Waals surface area contributed by atoms with E-state index in [0.29, 0.717) is 22.3 Å². The largest absolute Gasteiger partial charge is 0.423 e. The van der Waals surface area contributed by atoms with Gasteiger partial charge in [0.05, 0.1) is 0 Å². The van der Waals surface area contributed by atoms with Gasteiger partial charge in [-0.25, -0.2) is 9.47 Å². The molecule has 0 aliphatic carbocycles. The lowest BCUT2D eigenvalue weighted by Gasteiger charge is -2.08. The second kappa shape index (κ2) is 7.16. The van der Waals surface area contributed by atoms with E-state index in [4.69, 9.17) is 10.3 Å². The van der Waals surface area contributed by atoms with E-state index < -0.39 is 0 Å². The first-order chi connectivity index (χ1) is 13.4. The summed E-state index contributed by atoms with van der Waals surface area (Å²) in [5.74, 6) is 7.35. The van der Waals surface area contributed by atoms with Crippen molar-refractivity contribution in [2.45, 2.75) is 31.7 Å². The number of aromatic nitrogens is 3. The zero-order valence-corrected chi connectivity index (χ0v) is 16.7. The Labute approximate surface area is 166 Å². The molecule has 2 heterocycles. The number of nitrogens with two attached hydrogens (primary N) is 1. The average Bonchev–Trinajstić information content (AvgIpc) is 3.02. The van der Waals surface area contributed by atoms with Crippen LogP contribution in [0.2, 0.25) is 0 Å². The predicted octanol–water partition coefficient (Wildman–Crippen LogP) is 3.98. The molecule has 7 heteroatoms. The highest BCUT2D eigenvalue weighted by Crippen LogP contribution is 2.28. The minimum absolute atomic E-state index is 0.360. The fourth-order valence-corrected chi connectivity index (χ4v) is 3.87. The Hall–Kier alpha value is -3.06. The molecule has 0 spiro atoms. The maximum Gasteiger partial charge on any atom is 0.336 e. The van der Waals surface area contributed by atoms with Gasteiger partial charge in [-0.2, -0.15) is 0 Å². The lowest BCUT2D eigenvalue weighted by molar-refractivity contribution is 0.559. The van der Waals surface area contributed by atoms with Crippen LogP contribution in [0.1, 0.15) is 22.3 Å². The molecule has 0 bridgehead atoms. The van der Waals surface area contributed by atoms with Gasteiger partial charge in [0.1, 0.15) is 5.58 Å².